The molecule has 0 radical (unpaired) electrons. The molecule has 0 aromatic heterocycles. The first kappa shape index (κ1) is 11.7. The molecule has 1 N–H and O–H groups in total. The van der Waals surface area contributed by atoms with Gasteiger partial charge in [0.2, 0.25) is 12.3 Å². The van der Waals surface area contributed by atoms with Gasteiger partial charge < -0.3 is 5.32 Å². The summed E-state index contributed by atoms with van der Waals surface area (Å²) in [6.45, 7) is 0. The van der Waals surface area contributed by atoms with Crippen LogP contribution in [0.25, 0.3) is 10.4 Å². The molecular formula is C10H10N4O2. The van der Waals surface area contributed by atoms with Crippen LogP contribution >= 0.6 is 0 Å². The third kappa shape index (κ3) is 3.43. The van der Waals surface area contributed by atoms with Gasteiger partial charge in [0.15, 0.2) is 0 Å². The Bertz CT molecular complexity index is 412. The van der Waals surface area contributed by atoms with E-state index in [1.807, 2.05) is 30.3 Å². The first-order valence-corrected chi connectivity index (χ1v) is 4.60. The molecule has 2 amide bonds. The zero-order valence-electron chi connectivity index (χ0n) is 8.41. The highest BCUT2D eigenvalue weighted by Gasteiger charge is 2.16. The van der Waals surface area contributed by atoms with Crippen LogP contribution in [0, 0.1) is 0 Å². The van der Waals surface area contributed by atoms with Gasteiger partial charge in [0.05, 0.1) is 6.04 Å². The highest BCUT2D eigenvalue weighted by molar-refractivity contribution is 5.84. The Hall–Kier alpha value is -2.33. The molecule has 1 unspecified atom stereocenters. The third-order valence-electron chi connectivity index (χ3n) is 1.99. The molecule has 0 fully saturated rings. The predicted molar refractivity (Wildman–Crippen MR) is 57.3 cm³/mol. The monoisotopic (exact) mass is 218 g/mol. The largest absolute Gasteiger partial charge is 0.348 e. The summed E-state index contributed by atoms with van der Waals surface area (Å²) in [6, 6.07) is 8.33. The van der Waals surface area contributed by atoms with Gasteiger partial charge in [0, 0.05) is 4.91 Å². The van der Waals surface area contributed by atoms with Crippen LogP contribution in [0.4, 0.5) is 0 Å². The van der Waals surface area contributed by atoms with Crippen LogP contribution in [0.1, 0.15) is 5.56 Å². The van der Waals surface area contributed by atoms with E-state index in [0.717, 1.165) is 5.56 Å². The van der Waals surface area contributed by atoms with Gasteiger partial charge in [-0.15, -0.1) is 0 Å². The number of hydrogen-bond donors (Lipinski definition) is 1. The minimum Gasteiger partial charge on any atom is -0.348 e. The molecule has 0 spiro atoms. The number of rotatable bonds is 5. The molecule has 16 heavy (non-hydrogen) atoms. The topological polar surface area (TPSA) is 94.9 Å². The lowest BCUT2D eigenvalue weighted by Gasteiger charge is -2.11. The molecule has 0 bridgehead atoms. The van der Waals surface area contributed by atoms with Crippen molar-refractivity contribution in [3.63, 3.8) is 0 Å². The number of carbonyl (C=O) groups excluding carboxylic acids is 2. The van der Waals surface area contributed by atoms with Crippen molar-refractivity contribution in [1.82, 2.24) is 5.32 Å². The van der Waals surface area contributed by atoms with Crippen molar-refractivity contribution in [1.29, 1.82) is 0 Å². The van der Waals surface area contributed by atoms with Crippen LogP contribution < -0.4 is 5.32 Å². The molecule has 82 valence electrons. The molecule has 0 saturated heterocycles. The van der Waals surface area contributed by atoms with Gasteiger partial charge in [-0.05, 0) is 22.6 Å². The molecule has 1 rings (SSSR count). The van der Waals surface area contributed by atoms with Crippen LogP contribution in [-0.4, -0.2) is 18.4 Å². The normalized spacial score (nSPS) is 11.0. The summed E-state index contributed by atoms with van der Waals surface area (Å²) in [7, 11) is 0. The van der Waals surface area contributed by atoms with Gasteiger partial charge in [0.1, 0.15) is 0 Å². The Kier molecular flexibility index (Phi) is 4.56. The Balaban J connectivity index is 2.75. The molecule has 1 aromatic carbocycles. The molecule has 0 saturated carbocycles. The second-order valence-electron chi connectivity index (χ2n) is 3.05. The van der Waals surface area contributed by atoms with E-state index in [2.05, 4.69) is 15.3 Å². The smallest absolute Gasteiger partial charge is 0.241 e. The number of nitrogens with one attached hydrogen (secondary N) is 1. The molecule has 6 heteroatoms. The molecular weight excluding hydrogens is 208 g/mol. The Morgan fingerprint density at radius 2 is 2.19 bits per heavy atom. The van der Waals surface area contributed by atoms with E-state index in [4.69, 9.17) is 5.53 Å². The summed E-state index contributed by atoms with van der Waals surface area (Å²) >= 11 is 0. The standard InChI is InChI=1S/C10H10N4O2/c11-14-13-10(16)9(12-7-15)6-8-4-2-1-3-5-8/h1-5,7,9H,6H2,(H,12,15). The molecule has 1 atom stereocenters. The van der Waals surface area contributed by atoms with E-state index in [0.29, 0.717) is 12.8 Å². The minimum absolute atomic E-state index is 0.303. The first-order valence-electron chi connectivity index (χ1n) is 4.60. The number of carbonyl (C=O) groups is 2. The van der Waals surface area contributed by atoms with E-state index < -0.39 is 11.9 Å². The van der Waals surface area contributed by atoms with Crippen molar-refractivity contribution >= 4 is 12.3 Å². The lowest BCUT2D eigenvalue weighted by atomic mass is 10.1. The summed E-state index contributed by atoms with van der Waals surface area (Å²) in [5, 5.41) is 5.28. The van der Waals surface area contributed by atoms with Crippen LogP contribution in [0.15, 0.2) is 35.4 Å². The predicted octanol–water partition coefficient (Wildman–Crippen LogP) is 1.18. The molecule has 0 heterocycles. The summed E-state index contributed by atoms with van der Waals surface area (Å²) in [5.41, 5.74) is 9.02. The van der Waals surface area contributed by atoms with Crippen molar-refractivity contribution < 1.29 is 9.59 Å². The van der Waals surface area contributed by atoms with Gasteiger partial charge in [-0.1, -0.05) is 30.3 Å². The summed E-state index contributed by atoms with van der Waals surface area (Å²) < 4.78 is 0. The van der Waals surface area contributed by atoms with Crippen LogP contribution in [0.5, 0.6) is 0 Å². The average molecular weight is 218 g/mol. The first-order chi connectivity index (χ1) is 7.77. The van der Waals surface area contributed by atoms with Crippen LogP contribution in [0.2, 0.25) is 0 Å². The van der Waals surface area contributed by atoms with Gasteiger partial charge in [0.25, 0.3) is 0 Å². The van der Waals surface area contributed by atoms with Crippen LogP contribution in [-0.2, 0) is 16.0 Å². The molecule has 0 aliphatic carbocycles. The second kappa shape index (κ2) is 6.21. The van der Waals surface area contributed by atoms with Gasteiger partial charge in [-0.2, -0.15) is 0 Å². The van der Waals surface area contributed by atoms with Gasteiger partial charge in [-0.3, -0.25) is 9.59 Å². The highest BCUT2D eigenvalue weighted by atomic mass is 16.2. The number of azide groups is 1. The van der Waals surface area contributed by atoms with Crippen molar-refractivity contribution in [2.24, 2.45) is 5.11 Å². The fourth-order valence-corrected chi connectivity index (χ4v) is 1.26. The lowest BCUT2D eigenvalue weighted by molar-refractivity contribution is -0.122. The molecule has 6 nitrogen and oxygen atoms in total. The average Bonchev–Trinajstić information content (AvgIpc) is 2.30. The number of amides is 2. The Morgan fingerprint density at radius 3 is 2.75 bits per heavy atom. The van der Waals surface area contributed by atoms with Crippen molar-refractivity contribution in [2.75, 3.05) is 0 Å². The fourth-order valence-electron chi connectivity index (χ4n) is 1.26. The van der Waals surface area contributed by atoms with E-state index >= 15 is 0 Å². The number of nitrogens with zero attached hydrogens (tertiary/aromatic N) is 3. The quantitative estimate of drug-likeness (QED) is 0.347. The molecule has 0 aliphatic rings. The number of benzene rings is 1. The zero-order valence-corrected chi connectivity index (χ0v) is 8.41. The Labute approximate surface area is 91.9 Å². The maximum Gasteiger partial charge on any atom is 0.241 e. The van der Waals surface area contributed by atoms with Gasteiger partial charge >= 0.3 is 0 Å². The fraction of sp³-hybridized carbons (Fsp3) is 0.200. The second-order valence-corrected chi connectivity index (χ2v) is 3.05. The van der Waals surface area contributed by atoms with E-state index in [-0.39, 0.29) is 0 Å². The zero-order chi connectivity index (χ0) is 11.8. The SMILES string of the molecule is [N-]=[N+]=NC(=O)C(Cc1ccccc1)NC=O. The Morgan fingerprint density at radius 1 is 1.50 bits per heavy atom. The van der Waals surface area contributed by atoms with E-state index in [1.165, 1.54) is 0 Å². The van der Waals surface area contributed by atoms with E-state index in [1.54, 1.807) is 0 Å². The molecule has 0 aliphatic heterocycles. The third-order valence-corrected chi connectivity index (χ3v) is 1.99. The molecule has 1 aromatic rings. The highest BCUT2D eigenvalue weighted by Crippen LogP contribution is 2.04. The van der Waals surface area contributed by atoms with Crippen molar-refractivity contribution in [3.8, 4) is 0 Å². The van der Waals surface area contributed by atoms with Crippen molar-refractivity contribution in [3.05, 3.63) is 46.3 Å². The van der Waals surface area contributed by atoms with Gasteiger partial charge in [-0.25, -0.2) is 0 Å². The minimum atomic E-state index is -0.809. The lowest BCUT2D eigenvalue weighted by Crippen LogP contribution is -2.36. The number of hydrogen-bond acceptors (Lipinski definition) is 2. The van der Waals surface area contributed by atoms with Crippen LogP contribution in [0.3, 0.4) is 0 Å². The maximum absolute atomic E-state index is 11.3. The van der Waals surface area contributed by atoms with Crippen molar-refractivity contribution in [2.45, 2.75) is 12.5 Å². The summed E-state index contributed by atoms with van der Waals surface area (Å²) in [5.74, 6) is -0.696. The maximum atomic E-state index is 11.3. The van der Waals surface area contributed by atoms with E-state index in [9.17, 15) is 9.59 Å². The summed E-state index contributed by atoms with van der Waals surface area (Å²) in [4.78, 5) is 24.0. The summed E-state index contributed by atoms with van der Waals surface area (Å²) in [6.07, 6.45) is 0.718.